The molecule has 4 aromatic carbocycles. The Kier molecular flexibility index (Phi) is 6.30. The number of hydrogen-bond donors (Lipinski definition) is 1. The lowest BCUT2D eigenvalue weighted by atomic mass is 9.62. The molecule has 0 aliphatic heterocycles. The van der Waals surface area contributed by atoms with Gasteiger partial charge in [0.1, 0.15) is 5.82 Å². The second-order valence-corrected chi connectivity index (χ2v) is 11.5. The number of carbonyl (C=O) groups excluding carboxylic acids is 1. The van der Waals surface area contributed by atoms with Gasteiger partial charge in [-0.05, 0) is 87.4 Å². The quantitative estimate of drug-likeness (QED) is 0.276. The maximum Gasteiger partial charge on any atom is 0.336 e. The van der Waals surface area contributed by atoms with Crippen molar-refractivity contribution in [3.05, 3.63) is 119 Å². The lowest BCUT2D eigenvalue weighted by Crippen LogP contribution is -2.34. The molecule has 3 nitrogen and oxygen atoms in total. The molecule has 0 saturated carbocycles. The van der Waals surface area contributed by atoms with E-state index in [9.17, 15) is 19.1 Å². The summed E-state index contributed by atoms with van der Waals surface area (Å²) in [4.78, 5) is 24.8. The Morgan fingerprint density at radius 2 is 1.13 bits per heavy atom. The fourth-order valence-corrected chi connectivity index (χ4v) is 5.55. The molecule has 1 aliphatic rings. The predicted molar refractivity (Wildman–Crippen MR) is 149 cm³/mol. The number of aromatic carboxylic acids is 1. The van der Waals surface area contributed by atoms with Gasteiger partial charge in [-0.1, -0.05) is 82.3 Å². The predicted octanol–water partition coefficient (Wildman–Crippen LogP) is 8.44. The Morgan fingerprint density at radius 3 is 1.61 bits per heavy atom. The summed E-state index contributed by atoms with van der Waals surface area (Å²) in [6.45, 7) is 9.13. The van der Waals surface area contributed by atoms with E-state index in [1.807, 2.05) is 24.3 Å². The first kappa shape index (κ1) is 25.6. The van der Waals surface area contributed by atoms with Crippen molar-refractivity contribution < 1.29 is 19.1 Å². The smallest absolute Gasteiger partial charge is 0.336 e. The van der Waals surface area contributed by atoms with Crippen molar-refractivity contribution >= 4 is 11.8 Å². The van der Waals surface area contributed by atoms with E-state index >= 15 is 0 Å². The van der Waals surface area contributed by atoms with Crippen LogP contribution in [0.2, 0.25) is 0 Å². The highest BCUT2D eigenvalue weighted by Crippen LogP contribution is 2.49. The third-order valence-electron chi connectivity index (χ3n) is 8.01. The summed E-state index contributed by atoms with van der Waals surface area (Å²) in [6, 6.07) is 24.7. The Hall–Kier alpha value is -4.05. The molecule has 0 unspecified atom stereocenters. The molecule has 1 aliphatic carbocycles. The van der Waals surface area contributed by atoms with Crippen molar-refractivity contribution in [2.45, 2.75) is 51.4 Å². The first-order valence-electron chi connectivity index (χ1n) is 12.9. The second kappa shape index (κ2) is 9.36. The van der Waals surface area contributed by atoms with Crippen LogP contribution in [-0.4, -0.2) is 16.9 Å². The van der Waals surface area contributed by atoms with Gasteiger partial charge in [-0.25, -0.2) is 9.18 Å². The molecule has 0 spiro atoms. The Bertz CT molecular complexity index is 1540. The van der Waals surface area contributed by atoms with E-state index < -0.39 is 5.97 Å². The number of ketones is 1. The van der Waals surface area contributed by atoms with Crippen molar-refractivity contribution in [3.63, 3.8) is 0 Å². The van der Waals surface area contributed by atoms with Crippen LogP contribution in [0.4, 0.5) is 4.39 Å². The monoisotopic (exact) mass is 506 g/mol. The number of carboxylic acids is 1. The molecular weight excluding hydrogens is 475 g/mol. The highest BCUT2D eigenvalue weighted by Gasteiger charge is 2.38. The molecule has 0 atom stereocenters. The standard InChI is InChI=1S/C34H31FO3/c1-33(2)17-18-34(3,4)30-20-28(22-13-15-24(35)16-14-22)27(19-29(30)33)21-9-11-23(12-10-21)31(36)25-7-5-6-8-26(25)32(37)38/h5-16,19-20H,17-18H2,1-4H3,(H,37,38). The lowest BCUT2D eigenvalue weighted by Gasteiger charge is -2.42. The molecule has 0 amide bonds. The van der Waals surface area contributed by atoms with Gasteiger partial charge in [0.25, 0.3) is 0 Å². The van der Waals surface area contributed by atoms with Gasteiger partial charge in [-0.3, -0.25) is 4.79 Å². The minimum Gasteiger partial charge on any atom is -0.478 e. The van der Waals surface area contributed by atoms with E-state index in [1.165, 1.54) is 29.3 Å². The molecule has 5 rings (SSSR count). The molecule has 0 radical (unpaired) electrons. The van der Waals surface area contributed by atoms with Crippen molar-refractivity contribution in [3.8, 4) is 22.3 Å². The normalized spacial score (nSPS) is 15.5. The fraction of sp³-hybridized carbons (Fsp3) is 0.235. The van der Waals surface area contributed by atoms with Gasteiger partial charge in [0, 0.05) is 11.1 Å². The number of carbonyl (C=O) groups is 2. The first-order valence-corrected chi connectivity index (χ1v) is 12.9. The average molecular weight is 507 g/mol. The average Bonchev–Trinajstić information content (AvgIpc) is 2.91. The summed E-state index contributed by atoms with van der Waals surface area (Å²) in [5.74, 6) is -1.74. The van der Waals surface area contributed by atoms with Gasteiger partial charge >= 0.3 is 5.97 Å². The zero-order chi connectivity index (χ0) is 27.2. The Labute approximate surface area is 223 Å². The summed E-state index contributed by atoms with van der Waals surface area (Å²) >= 11 is 0. The van der Waals surface area contributed by atoms with E-state index in [0.29, 0.717) is 5.56 Å². The highest BCUT2D eigenvalue weighted by molar-refractivity contribution is 6.14. The summed E-state index contributed by atoms with van der Waals surface area (Å²) < 4.78 is 13.8. The molecule has 38 heavy (non-hydrogen) atoms. The lowest BCUT2D eigenvalue weighted by molar-refractivity contribution is 0.0692. The molecular formula is C34H31FO3. The summed E-state index contributed by atoms with van der Waals surface area (Å²) in [5, 5.41) is 9.51. The van der Waals surface area contributed by atoms with Crippen molar-refractivity contribution in [1.82, 2.24) is 0 Å². The van der Waals surface area contributed by atoms with Crippen molar-refractivity contribution in [1.29, 1.82) is 0 Å². The van der Waals surface area contributed by atoms with Crippen LogP contribution in [0, 0.1) is 5.82 Å². The van der Waals surface area contributed by atoms with Gasteiger partial charge in [0.2, 0.25) is 0 Å². The maximum absolute atomic E-state index is 13.8. The van der Waals surface area contributed by atoms with E-state index in [-0.39, 0.29) is 33.6 Å². The topological polar surface area (TPSA) is 54.4 Å². The van der Waals surface area contributed by atoms with Crippen LogP contribution in [0.1, 0.15) is 77.9 Å². The van der Waals surface area contributed by atoms with Gasteiger partial charge in [-0.2, -0.15) is 0 Å². The van der Waals surface area contributed by atoms with Gasteiger partial charge in [-0.15, -0.1) is 0 Å². The van der Waals surface area contributed by atoms with Crippen LogP contribution < -0.4 is 0 Å². The van der Waals surface area contributed by atoms with E-state index in [4.69, 9.17) is 0 Å². The molecule has 1 N–H and O–H groups in total. The van der Waals surface area contributed by atoms with Crippen LogP contribution in [0.5, 0.6) is 0 Å². The largest absolute Gasteiger partial charge is 0.478 e. The molecule has 0 heterocycles. The van der Waals surface area contributed by atoms with Crippen LogP contribution in [0.15, 0.2) is 84.9 Å². The third-order valence-corrected chi connectivity index (χ3v) is 8.01. The van der Waals surface area contributed by atoms with E-state index in [2.05, 4.69) is 39.8 Å². The minimum atomic E-state index is -1.13. The maximum atomic E-state index is 13.8. The fourth-order valence-electron chi connectivity index (χ4n) is 5.55. The zero-order valence-corrected chi connectivity index (χ0v) is 22.1. The molecule has 4 aromatic rings. The van der Waals surface area contributed by atoms with E-state index in [0.717, 1.165) is 35.1 Å². The first-order chi connectivity index (χ1) is 18.0. The Morgan fingerprint density at radius 1 is 0.684 bits per heavy atom. The van der Waals surface area contributed by atoms with Crippen LogP contribution in [0.25, 0.3) is 22.3 Å². The highest BCUT2D eigenvalue weighted by atomic mass is 19.1. The molecule has 192 valence electrons. The van der Waals surface area contributed by atoms with E-state index in [1.54, 1.807) is 30.3 Å². The zero-order valence-electron chi connectivity index (χ0n) is 22.1. The number of carboxylic acid groups (broad SMARTS) is 1. The minimum absolute atomic E-state index is 0.0113. The van der Waals surface area contributed by atoms with Gasteiger partial charge < -0.3 is 5.11 Å². The molecule has 0 saturated heterocycles. The molecule has 0 aromatic heterocycles. The molecule has 4 heteroatoms. The number of halogens is 1. The van der Waals surface area contributed by atoms with Gasteiger partial charge in [0.15, 0.2) is 5.78 Å². The Balaban J connectivity index is 1.65. The number of benzene rings is 4. The summed E-state index contributed by atoms with van der Waals surface area (Å²) in [6.07, 6.45) is 2.17. The van der Waals surface area contributed by atoms with Crippen molar-refractivity contribution in [2.75, 3.05) is 0 Å². The number of hydrogen-bond acceptors (Lipinski definition) is 2. The SMILES string of the molecule is CC1(C)CCC(C)(C)c2cc(-c3ccc(C(=O)c4ccccc4C(=O)O)cc3)c(-c3ccc(F)cc3)cc21. The summed E-state index contributed by atoms with van der Waals surface area (Å²) in [5.41, 5.74) is 7.13. The second-order valence-electron chi connectivity index (χ2n) is 11.5. The number of rotatable bonds is 5. The van der Waals surface area contributed by atoms with Crippen LogP contribution in [0.3, 0.4) is 0 Å². The molecule has 0 bridgehead atoms. The van der Waals surface area contributed by atoms with Gasteiger partial charge in [0.05, 0.1) is 5.56 Å². The molecule has 0 fully saturated rings. The van der Waals surface area contributed by atoms with Crippen LogP contribution in [-0.2, 0) is 10.8 Å². The van der Waals surface area contributed by atoms with Crippen molar-refractivity contribution in [2.24, 2.45) is 0 Å². The number of fused-ring (bicyclic) bond motifs is 1. The van der Waals surface area contributed by atoms with Crippen LogP contribution >= 0.6 is 0 Å². The third kappa shape index (κ3) is 4.56. The summed E-state index contributed by atoms with van der Waals surface area (Å²) in [7, 11) is 0.